The molecule has 1 aromatic heterocycles. The van der Waals surface area contributed by atoms with Crippen LogP contribution in [0.15, 0.2) is 12.4 Å². The van der Waals surface area contributed by atoms with Gasteiger partial charge in [-0.1, -0.05) is 0 Å². The minimum Gasteiger partial charge on any atom is -0.465 e. The summed E-state index contributed by atoms with van der Waals surface area (Å²) in [7, 11) is 0. The predicted molar refractivity (Wildman–Crippen MR) is 68.2 cm³/mol. The van der Waals surface area contributed by atoms with Crippen molar-refractivity contribution in [1.29, 1.82) is 0 Å². The van der Waals surface area contributed by atoms with Crippen molar-refractivity contribution in [3.8, 4) is 0 Å². The van der Waals surface area contributed by atoms with Crippen LogP contribution < -0.4 is 0 Å². The van der Waals surface area contributed by atoms with Crippen LogP contribution in [0.2, 0.25) is 0 Å². The molecule has 1 aromatic rings. The number of hydrogen-bond donors (Lipinski definition) is 0. The third kappa shape index (κ3) is 2.90. The standard InChI is InChI=1S/C13H21N3O2/c1-3-18-13(17)12-5-4-7-16(12)10-9-15-8-6-14-11(15)2/h6,8,12H,3-5,7,9-10H2,1-2H3. The van der Waals surface area contributed by atoms with Crippen LogP contribution in [0.4, 0.5) is 0 Å². The summed E-state index contributed by atoms with van der Waals surface area (Å²) in [6, 6.07) is -0.0474. The number of hydrogen-bond acceptors (Lipinski definition) is 4. The van der Waals surface area contributed by atoms with Crippen molar-refractivity contribution in [2.45, 2.75) is 39.3 Å². The number of imidazole rings is 1. The first-order chi connectivity index (χ1) is 8.72. The van der Waals surface area contributed by atoms with Crippen LogP contribution in [-0.4, -0.2) is 46.2 Å². The fraction of sp³-hybridized carbons (Fsp3) is 0.692. The Labute approximate surface area is 108 Å². The third-order valence-electron chi connectivity index (χ3n) is 3.47. The van der Waals surface area contributed by atoms with Gasteiger partial charge in [0.1, 0.15) is 11.9 Å². The van der Waals surface area contributed by atoms with Crippen molar-refractivity contribution in [2.24, 2.45) is 0 Å². The molecule has 0 N–H and O–H groups in total. The predicted octanol–water partition coefficient (Wildman–Crippen LogP) is 1.22. The largest absolute Gasteiger partial charge is 0.465 e. The van der Waals surface area contributed by atoms with E-state index in [1.807, 2.05) is 26.2 Å². The maximum absolute atomic E-state index is 11.8. The normalized spacial score (nSPS) is 20.2. The van der Waals surface area contributed by atoms with Crippen molar-refractivity contribution >= 4 is 5.97 Å². The zero-order chi connectivity index (χ0) is 13.0. The molecule has 18 heavy (non-hydrogen) atoms. The van der Waals surface area contributed by atoms with Gasteiger partial charge >= 0.3 is 5.97 Å². The molecule has 5 heteroatoms. The van der Waals surface area contributed by atoms with E-state index in [4.69, 9.17) is 4.74 Å². The highest BCUT2D eigenvalue weighted by atomic mass is 16.5. The lowest BCUT2D eigenvalue weighted by Gasteiger charge is -2.23. The summed E-state index contributed by atoms with van der Waals surface area (Å²) in [6.07, 6.45) is 5.78. The van der Waals surface area contributed by atoms with Crippen LogP contribution in [-0.2, 0) is 16.1 Å². The molecule has 0 amide bonds. The van der Waals surface area contributed by atoms with Crippen LogP contribution in [0.1, 0.15) is 25.6 Å². The summed E-state index contributed by atoms with van der Waals surface area (Å²) in [4.78, 5) is 18.2. The monoisotopic (exact) mass is 251 g/mol. The van der Waals surface area contributed by atoms with Crippen molar-refractivity contribution in [2.75, 3.05) is 19.7 Å². The zero-order valence-corrected chi connectivity index (χ0v) is 11.1. The van der Waals surface area contributed by atoms with Gasteiger partial charge in [0.25, 0.3) is 0 Å². The Balaban J connectivity index is 1.88. The molecule has 2 rings (SSSR count). The topological polar surface area (TPSA) is 47.4 Å². The van der Waals surface area contributed by atoms with Gasteiger partial charge in [-0.2, -0.15) is 0 Å². The maximum atomic E-state index is 11.8. The number of aromatic nitrogens is 2. The van der Waals surface area contributed by atoms with Gasteiger partial charge in [-0.3, -0.25) is 9.69 Å². The molecule has 0 aliphatic carbocycles. The van der Waals surface area contributed by atoms with Gasteiger partial charge in [0.05, 0.1) is 6.61 Å². The Kier molecular flexibility index (Phi) is 4.36. The van der Waals surface area contributed by atoms with E-state index >= 15 is 0 Å². The number of carbonyl (C=O) groups excluding carboxylic acids is 1. The fourth-order valence-corrected chi connectivity index (χ4v) is 2.48. The summed E-state index contributed by atoms with van der Waals surface area (Å²) < 4.78 is 7.23. The van der Waals surface area contributed by atoms with E-state index in [2.05, 4.69) is 14.5 Å². The molecule has 0 bridgehead atoms. The van der Waals surface area contributed by atoms with Gasteiger partial charge in [-0.25, -0.2) is 4.98 Å². The third-order valence-corrected chi connectivity index (χ3v) is 3.47. The number of likely N-dealkylation sites (tertiary alicyclic amines) is 1. The van der Waals surface area contributed by atoms with E-state index in [9.17, 15) is 4.79 Å². The average molecular weight is 251 g/mol. The highest BCUT2D eigenvalue weighted by Crippen LogP contribution is 2.18. The second-order valence-corrected chi connectivity index (χ2v) is 4.61. The summed E-state index contributed by atoms with van der Waals surface area (Å²) >= 11 is 0. The lowest BCUT2D eigenvalue weighted by Crippen LogP contribution is -2.39. The van der Waals surface area contributed by atoms with E-state index in [1.54, 1.807) is 0 Å². The van der Waals surface area contributed by atoms with E-state index in [1.165, 1.54) is 0 Å². The fourth-order valence-electron chi connectivity index (χ4n) is 2.48. The first-order valence-corrected chi connectivity index (χ1v) is 6.60. The van der Waals surface area contributed by atoms with Gasteiger partial charge in [0.15, 0.2) is 0 Å². The molecule has 1 fully saturated rings. The molecule has 1 aliphatic heterocycles. The lowest BCUT2D eigenvalue weighted by atomic mass is 10.2. The van der Waals surface area contributed by atoms with Crippen LogP contribution in [0.3, 0.4) is 0 Å². The number of ether oxygens (including phenoxy) is 1. The van der Waals surface area contributed by atoms with Gasteiger partial charge in [0.2, 0.25) is 0 Å². The molecule has 1 aliphatic rings. The second-order valence-electron chi connectivity index (χ2n) is 4.61. The Morgan fingerprint density at radius 3 is 3.06 bits per heavy atom. The van der Waals surface area contributed by atoms with Crippen LogP contribution in [0.5, 0.6) is 0 Å². The van der Waals surface area contributed by atoms with E-state index in [0.29, 0.717) is 6.61 Å². The minimum atomic E-state index is -0.0719. The molecule has 1 unspecified atom stereocenters. The molecule has 100 valence electrons. The van der Waals surface area contributed by atoms with Crippen molar-refractivity contribution in [1.82, 2.24) is 14.5 Å². The number of carbonyl (C=O) groups is 1. The molecular formula is C13H21N3O2. The van der Waals surface area contributed by atoms with Crippen molar-refractivity contribution in [3.05, 3.63) is 18.2 Å². The molecule has 0 aromatic carbocycles. The molecule has 0 spiro atoms. The van der Waals surface area contributed by atoms with Gasteiger partial charge < -0.3 is 9.30 Å². The van der Waals surface area contributed by atoms with Crippen LogP contribution in [0.25, 0.3) is 0 Å². The average Bonchev–Trinajstić information content (AvgIpc) is 2.95. The van der Waals surface area contributed by atoms with Crippen LogP contribution in [0, 0.1) is 6.92 Å². The number of nitrogens with zero attached hydrogens (tertiary/aromatic N) is 3. The van der Waals surface area contributed by atoms with Crippen molar-refractivity contribution in [3.63, 3.8) is 0 Å². The Morgan fingerprint density at radius 2 is 2.39 bits per heavy atom. The van der Waals surface area contributed by atoms with Gasteiger partial charge in [0, 0.05) is 25.5 Å². The second kappa shape index (κ2) is 6.00. The Morgan fingerprint density at radius 1 is 1.56 bits per heavy atom. The number of rotatable bonds is 5. The van der Waals surface area contributed by atoms with Gasteiger partial charge in [-0.05, 0) is 33.2 Å². The van der Waals surface area contributed by atoms with Crippen LogP contribution >= 0.6 is 0 Å². The smallest absolute Gasteiger partial charge is 0.323 e. The minimum absolute atomic E-state index is 0.0474. The van der Waals surface area contributed by atoms with E-state index < -0.39 is 0 Å². The summed E-state index contributed by atoms with van der Waals surface area (Å²) in [6.45, 7) is 7.04. The maximum Gasteiger partial charge on any atom is 0.323 e. The first-order valence-electron chi connectivity index (χ1n) is 6.60. The quantitative estimate of drug-likeness (QED) is 0.738. The molecule has 1 atom stereocenters. The number of esters is 1. The Hall–Kier alpha value is -1.36. The van der Waals surface area contributed by atoms with Gasteiger partial charge in [-0.15, -0.1) is 0 Å². The highest BCUT2D eigenvalue weighted by Gasteiger charge is 2.31. The summed E-state index contributed by atoms with van der Waals surface area (Å²) in [5.74, 6) is 0.944. The Bertz CT molecular complexity index is 403. The molecule has 0 radical (unpaired) electrons. The molecule has 2 heterocycles. The molecular weight excluding hydrogens is 230 g/mol. The first kappa shape index (κ1) is 13.1. The van der Waals surface area contributed by atoms with E-state index in [0.717, 1.165) is 38.3 Å². The van der Waals surface area contributed by atoms with E-state index in [-0.39, 0.29) is 12.0 Å². The zero-order valence-electron chi connectivity index (χ0n) is 11.1. The summed E-state index contributed by atoms with van der Waals surface area (Å²) in [5, 5.41) is 0. The molecule has 0 saturated carbocycles. The molecule has 1 saturated heterocycles. The number of aryl methyl sites for hydroxylation is 1. The van der Waals surface area contributed by atoms with Crippen molar-refractivity contribution < 1.29 is 9.53 Å². The highest BCUT2D eigenvalue weighted by molar-refractivity contribution is 5.76. The lowest BCUT2D eigenvalue weighted by molar-refractivity contribution is -0.148. The SMILES string of the molecule is CCOC(=O)C1CCCN1CCn1ccnc1C. The summed E-state index contributed by atoms with van der Waals surface area (Å²) in [5.41, 5.74) is 0. The molecule has 5 nitrogen and oxygen atoms in total.